The Bertz CT molecular complexity index is 1130. The number of hydrogen-bond donors (Lipinski definition) is 2. The molecule has 0 saturated carbocycles. The van der Waals surface area contributed by atoms with Gasteiger partial charge in [0.05, 0.1) is 16.9 Å². The van der Waals surface area contributed by atoms with Crippen molar-refractivity contribution in [1.29, 1.82) is 0 Å². The van der Waals surface area contributed by atoms with Crippen LogP contribution in [-0.2, 0) is 4.79 Å². The predicted molar refractivity (Wildman–Crippen MR) is 124 cm³/mol. The number of nitrogens with one attached hydrogen (secondary N) is 1. The van der Waals surface area contributed by atoms with Crippen molar-refractivity contribution in [3.05, 3.63) is 47.9 Å². The van der Waals surface area contributed by atoms with Crippen molar-refractivity contribution in [2.75, 3.05) is 23.3 Å². The van der Waals surface area contributed by atoms with Gasteiger partial charge >= 0.3 is 5.97 Å². The molecule has 0 aliphatic carbocycles. The molecule has 0 spiro atoms. The normalized spacial score (nSPS) is 14.6. The monoisotopic (exact) mass is 435 g/mol. The molecule has 0 atom stereocenters. The first-order valence-electron chi connectivity index (χ1n) is 11.2. The van der Waals surface area contributed by atoms with Crippen LogP contribution in [0.25, 0.3) is 11.2 Å². The summed E-state index contributed by atoms with van der Waals surface area (Å²) in [7, 11) is 0. The van der Waals surface area contributed by atoms with E-state index in [-0.39, 0.29) is 11.5 Å². The molecule has 1 aliphatic heterocycles. The molecule has 168 valence electrons. The quantitative estimate of drug-likeness (QED) is 0.570. The maximum absolute atomic E-state index is 12.4. The van der Waals surface area contributed by atoms with E-state index >= 15 is 0 Å². The van der Waals surface area contributed by atoms with E-state index < -0.39 is 5.97 Å². The maximum atomic E-state index is 12.4. The molecule has 1 aliphatic rings. The highest BCUT2D eigenvalue weighted by Gasteiger charge is 2.26. The van der Waals surface area contributed by atoms with Crippen LogP contribution >= 0.6 is 0 Å². The van der Waals surface area contributed by atoms with Gasteiger partial charge < -0.3 is 19.9 Å². The molecule has 8 heteroatoms. The van der Waals surface area contributed by atoms with Gasteiger partial charge in [-0.05, 0) is 56.5 Å². The summed E-state index contributed by atoms with van der Waals surface area (Å²) in [6, 6.07) is 9.15. The SMILES string of the molecule is CCCCC(=O)Nc1cc(C(=O)O)ccc1N1CCC(n2c(C)nc3cccnc32)CC1. The van der Waals surface area contributed by atoms with Gasteiger partial charge in [-0.2, -0.15) is 0 Å². The summed E-state index contributed by atoms with van der Waals surface area (Å²) >= 11 is 0. The second-order valence-corrected chi connectivity index (χ2v) is 8.28. The fourth-order valence-corrected chi connectivity index (χ4v) is 4.44. The molecule has 1 amide bonds. The summed E-state index contributed by atoms with van der Waals surface area (Å²) in [5.41, 5.74) is 3.42. The second kappa shape index (κ2) is 9.38. The summed E-state index contributed by atoms with van der Waals surface area (Å²) < 4.78 is 2.23. The third-order valence-electron chi connectivity index (χ3n) is 6.07. The molecule has 2 N–H and O–H groups in total. The molecule has 1 fully saturated rings. The molecule has 0 radical (unpaired) electrons. The molecule has 0 bridgehead atoms. The third kappa shape index (κ3) is 4.44. The lowest BCUT2D eigenvalue weighted by Crippen LogP contribution is -2.35. The number of amides is 1. The lowest BCUT2D eigenvalue weighted by Gasteiger charge is -2.35. The average Bonchev–Trinajstić information content (AvgIpc) is 3.13. The van der Waals surface area contributed by atoms with E-state index in [2.05, 4.69) is 24.8 Å². The number of aromatic carboxylic acids is 1. The minimum atomic E-state index is -1.01. The standard InChI is InChI=1S/C24H29N5O3/c1-3-4-7-22(30)27-20-15-17(24(31)32)8-9-21(20)28-13-10-18(11-14-28)29-16(2)26-19-6-5-12-25-23(19)29/h5-6,8-9,12,15,18H,3-4,7,10-11,13-14H2,1-2H3,(H,27,30)(H,31,32). The van der Waals surface area contributed by atoms with Crippen LogP contribution in [0.4, 0.5) is 11.4 Å². The smallest absolute Gasteiger partial charge is 0.335 e. The van der Waals surface area contributed by atoms with E-state index in [1.54, 1.807) is 24.4 Å². The number of anilines is 2. The minimum Gasteiger partial charge on any atom is -0.478 e. The largest absolute Gasteiger partial charge is 0.478 e. The van der Waals surface area contributed by atoms with Crippen LogP contribution < -0.4 is 10.2 Å². The van der Waals surface area contributed by atoms with E-state index in [4.69, 9.17) is 0 Å². The molecule has 1 saturated heterocycles. The molecule has 32 heavy (non-hydrogen) atoms. The molecule has 8 nitrogen and oxygen atoms in total. The van der Waals surface area contributed by atoms with E-state index in [9.17, 15) is 14.7 Å². The van der Waals surface area contributed by atoms with Crippen molar-refractivity contribution < 1.29 is 14.7 Å². The first-order valence-corrected chi connectivity index (χ1v) is 11.2. The summed E-state index contributed by atoms with van der Waals surface area (Å²) in [5.74, 6) is -0.127. The Morgan fingerprint density at radius 3 is 2.72 bits per heavy atom. The minimum absolute atomic E-state index is 0.0860. The fraction of sp³-hybridized carbons (Fsp3) is 0.417. The van der Waals surface area contributed by atoms with E-state index in [1.807, 2.05) is 26.0 Å². The van der Waals surface area contributed by atoms with E-state index in [0.717, 1.165) is 61.4 Å². The zero-order valence-electron chi connectivity index (χ0n) is 18.5. The Morgan fingerprint density at radius 2 is 2.00 bits per heavy atom. The van der Waals surface area contributed by atoms with Gasteiger partial charge in [0.2, 0.25) is 5.91 Å². The van der Waals surface area contributed by atoms with Crippen molar-refractivity contribution >= 4 is 34.4 Å². The van der Waals surface area contributed by atoms with Gasteiger partial charge in [-0.1, -0.05) is 13.3 Å². The van der Waals surface area contributed by atoms with Crippen LogP contribution in [0, 0.1) is 6.92 Å². The zero-order valence-corrected chi connectivity index (χ0v) is 18.5. The van der Waals surface area contributed by atoms with E-state index in [0.29, 0.717) is 18.2 Å². The number of unbranched alkanes of at least 4 members (excludes halogenated alkanes) is 1. The van der Waals surface area contributed by atoms with Crippen LogP contribution in [0.15, 0.2) is 36.5 Å². The second-order valence-electron chi connectivity index (χ2n) is 8.28. The number of fused-ring (bicyclic) bond motifs is 1. The van der Waals surface area contributed by atoms with Crippen LogP contribution in [0.1, 0.15) is 61.3 Å². The fourth-order valence-electron chi connectivity index (χ4n) is 4.44. The van der Waals surface area contributed by atoms with Crippen molar-refractivity contribution in [2.45, 2.75) is 52.0 Å². The van der Waals surface area contributed by atoms with Gasteiger partial charge in [0.15, 0.2) is 5.65 Å². The molecular formula is C24H29N5O3. The number of carbonyl (C=O) groups is 2. The van der Waals surface area contributed by atoms with E-state index in [1.165, 1.54) is 0 Å². The highest BCUT2D eigenvalue weighted by atomic mass is 16.4. The molecule has 3 aromatic rings. The number of carboxylic acid groups (broad SMARTS) is 1. The highest BCUT2D eigenvalue weighted by Crippen LogP contribution is 2.34. The number of nitrogens with zero attached hydrogens (tertiary/aromatic N) is 4. The van der Waals surface area contributed by atoms with Gasteiger partial charge in [-0.25, -0.2) is 14.8 Å². The Kier molecular flexibility index (Phi) is 6.39. The summed E-state index contributed by atoms with van der Waals surface area (Å²) in [6.07, 6.45) is 5.78. The number of carbonyl (C=O) groups excluding carboxylic acids is 1. The molecule has 1 aromatic carbocycles. The number of aromatic nitrogens is 3. The molecule has 4 rings (SSSR count). The number of benzene rings is 1. The molecule has 3 heterocycles. The zero-order chi connectivity index (χ0) is 22.7. The molecule has 0 unspecified atom stereocenters. The van der Waals surface area contributed by atoms with Gasteiger partial charge in [-0.3, -0.25) is 4.79 Å². The number of pyridine rings is 1. The first kappa shape index (κ1) is 21.8. The number of imidazole rings is 1. The van der Waals surface area contributed by atoms with Crippen molar-refractivity contribution in [3.63, 3.8) is 0 Å². The number of rotatable bonds is 7. The van der Waals surface area contributed by atoms with Crippen molar-refractivity contribution in [1.82, 2.24) is 14.5 Å². The van der Waals surface area contributed by atoms with Crippen LogP contribution in [0.5, 0.6) is 0 Å². The Hall–Kier alpha value is -3.42. The van der Waals surface area contributed by atoms with Gasteiger partial charge in [0.1, 0.15) is 11.3 Å². The third-order valence-corrected chi connectivity index (χ3v) is 6.07. The number of aryl methyl sites for hydroxylation is 1. The average molecular weight is 436 g/mol. The maximum Gasteiger partial charge on any atom is 0.335 e. The Morgan fingerprint density at radius 1 is 1.22 bits per heavy atom. The van der Waals surface area contributed by atoms with Crippen LogP contribution in [-0.4, -0.2) is 44.6 Å². The Balaban J connectivity index is 1.54. The van der Waals surface area contributed by atoms with Gasteiger partial charge in [0.25, 0.3) is 0 Å². The molecule has 2 aromatic heterocycles. The number of hydrogen-bond acceptors (Lipinski definition) is 5. The van der Waals surface area contributed by atoms with Crippen molar-refractivity contribution in [3.8, 4) is 0 Å². The van der Waals surface area contributed by atoms with Gasteiger partial charge in [-0.15, -0.1) is 0 Å². The van der Waals surface area contributed by atoms with Crippen LogP contribution in [0.3, 0.4) is 0 Å². The summed E-state index contributed by atoms with van der Waals surface area (Å²) in [5, 5.41) is 12.3. The topological polar surface area (TPSA) is 100 Å². The van der Waals surface area contributed by atoms with Gasteiger partial charge in [0, 0.05) is 31.7 Å². The number of carboxylic acids is 1. The summed E-state index contributed by atoms with van der Waals surface area (Å²) in [4.78, 5) is 35.2. The molecular weight excluding hydrogens is 406 g/mol. The lowest BCUT2D eigenvalue weighted by molar-refractivity contribution is -0.116. The van der Waals surface area contributed by atoms with Crippen LogP contribution in [0.2, 0.25) is 0 Å². The summed E-state index contributed by atoms with van der Waals surface area (Å²) in [6.45, 7) is 5.64. The Labute approximate surface area is 187 Å². The number of piperidine rings is 1. The lowest BCUT2D eigenvalue weighted by atomic mass is 10.0. The predicted octanol–water partition coefficient (Wildman–Crippen LogP) is 4.41. The first-order chi connectivity index (χ1) is 15.5. The highest BCUT2D eigenvalue weighted by molar-refractivity contribution is 5.97. The van der Waals surface area contributed by atoms with Crippen molar-refractivity contribution in [2.24, 2.45) is 0 Å².